The van der Waals surface area contributed by atoms with Crippen molar-refractivity contribution in [2.75, 3.05) is 0 Å². The molecule has 0 saturated carbocycles. The van der Waals surface area contributed by atoms with Crippen LogP contribution in [0.3, 0.4) is 0 Å². The fourth-order valence-corrected chi connectivity index (χ4v) is 2.39. The molecule has 0 spiro atoms. The van der Waals surface area contributed by atoms with Crippen LogP contribution >= 0.6 is 0 Å². The Bertz CT molecular complexity index is 888. The van der Waals surface area contributed by atoms with E-state index in [1.165, 1.54) is 37.3 Å². The van der Waals surface area contributed by atoms with Crippen LogP contribution in [0.1, 0.15) is 36.6 Å². The first-order valence-corrected chi connectivity index (χ1v) is 7.24. The largest absolute Gasteiger partial charge is 0.573 e. The second-order valence-electron chi connectivity index (χ2n) is 5.38. The van der Waals surface area contributed by atoms with Crippen LogP contribution in [0.5, 0.6) is 5.75 Å². The van der Waals surface area contributed by atoms with Gasteiger partial charge in [0.05, 0.1) is 11.1 Å². The minimum absolute atomic E-state index is 0.0287. The van der Waals surface area contributed by atoms with Crippen LogP contribution in [0.25, 0.3) is 0 Å². The number of benzene rings is 2. The summed E-state index contributed by atoms with van der Waals surface area (Å²) in [6, 6.07) is 9.18. The number of hydrogen-bond donors (Lipinski definition) is 0. The number of aryl methyl sites for hydroxylation is 1. The monoisotopic (exact) mass is 365 g/mol. The molecule has 1 aliphatic heterocycles. The number of fused-ring (bicyclic) bond motifs is 1. The summed E-state index contributed by atoms with van der Waals surface area (Å²) < 4.78 is 41.4. The third-order valence-electron chi connectivity index (χ3n) is 3.51. The number of rotatable bonds is 3. The fourth-order valence-electron chi connectivity index (χ4n) is 2.39. The Kier molecular flexibility index (Phi) is 4.15. The molecule has 6 nitrogen and oxygen atoms in total. The minimum Gasteiger partial charge on any atom is -0.405 e. The Morgan fingerprint density at radius 2 is 1.58 bits per heavy atom. The lowest BCUT2D eigenvalue weighted by Crippen LogP contribution is -2.33. The SMILES string of the molecule is Cc1ccc(C(=O)ON2C(=O)c3ccccc3C2=O)c(OC(F)(F)F)c1. The van der Waals surface area contributed by atoms with Crippen molar-refractivity contribution in [1.82, 2.24) is 5.06 Å². The predicted octanol–water partition coefficient (Wildman–Crippen LogP) is 3.26. The van der Waals surface area contributed by atoms with Crippen LogP contribution in [-0.4, -0.2) is 29.2 Å². The van der Waals surface area contributed by atoms with Crippen LogP contribution < -0.4 is 4.74 Å². The molecule has 9 heteroatoms. The van der Waals surface area contributed by atoms with Gasteiger partial charge in [-0.15, -0.1) is 13.2 Å². The highest BCUT2D eigenvalue weighted by Gasteiger charge is 2.40. The van der Waals surface area contributed by atoms with E-state index >= 15 is 0 Å². The molecule has 2 aromatic rings. The van der Waals surface area contributed by atoms with Gasteiger partial charge in [-0.25, -0.2) is 4.79 Å². The third-order valence-corrected chi connectivity index (χ3v) is 3.51. The Labute approximate surface area is 144 Å². The van der Waals surface area contributed by atoms with Crippen molar-refractivity contribution >= 4 is 17.8 Å². The Morgan fingerprint density at radius 3 is 2.12 bits per heavy atom. The van der Waals surface area contributed by atoms with Gasteiger partial charge in [0, 0.05) is 0 Å². The number of imide groups is 1. The number of hydroxylamine groups is 2. The van der Waals surface area contributed by atoms with Gasteiger partial charge in [-0.1, -0.05) is 23.3 Å². The average molecular weight is 365 g/mol. The molecule has 0 aromatic heterocycles. The van der Waals surface area contributed by atoms with Gasteiger partial charge in [0.15, 0.2) is 0 Å². The van der Waals surface area contributed by atoms with Crippen LogP contribution in [0.2, 0.25) is 0 Å². The second-order valence-corrected chi connectivity index (χ2v) is 5.38. The van der Waals surface area contributed by atoms with Crippen molar-refractivity contribution in [3.05, 3.63) is 64.7 Å². The van der Waals surface area contributed by atoms with Gasteiger partial charge in [0.25, 0.3) is 11.8 Å². The molecule has 0 bridgehead atoms. The smallest absolute Gasteiger partial charge is 0.405 e. The molecule has 1 heterocycles. The molecule has 2 aromatic carbocycles. The predicted molar refractivity (Wildman–Crippen MR) is 80.2 cm³/mol. The van der Waals surface area contributed by atoms with Crippen LogP contribution in [0.15, 0.2) is 42.5 Å². The van der Waals surface area contributed by atoms with Gasteiger partial charge in [0.2, 0.25) is 0 Å². The zero-order chi connectivity index (χ0) is 19.1. The van der Waals surface area contributed by atoms with Crippen LogP contribution in [-0.2, 0) is 4.84 Å². The molecule has 26 heavy (non-hydrogen) atoms. The van der Waals surface area contributed by atoms with E-state index in [0.717, 1.165) is 12.1 Å². The summed E-state index contributed by atoms with van der Waals surface area (Å²) in [6.07, 6.45) is -5.03. The molecule has 0 atom stereocenters. The summed E-state index contributed by atoms with van der Waals surface area (Å²) in [7, 11) is 0. The summed E-state index contributed by atoms with van der Waals surface area (Å²) in [5.41, 5.74) is -0.118. The molecule has 1 aliphatic rings. The van der Waals surface area contributed by atoms with Gasteiger partial charge >= 0.3 is 12.3 Å². The van der Waals surface area contributed by atoms with Gasteiger partial charge in [-0.3, -0.25) is 9.59 Å². The van der Waals surface area contributed by atoms with E-state index in [-0.39, 0.29) is 16.2 Å². The Morgan fingerprint density at radius 1 is 1.00 bits per heavy atom. The maximum absolute atomic E-state index is 12.5. The molecular formula is C17H10F3NO5. The molecule has 0 radical (unpaired) electrons. The topological polar surface area (TPSA) is 72.9 Å². The first-order valence-electron chi connectivity index (χ1n) is 7.24. The van der Waals surface area contributed by atoms with Gasteiger partial charge in [-0.2, -0.15) is 0 Å². The quantitative estimate of drug-likeness (QED) is 0.781. The molecule has 0 aliphatic carbocycles. The number of alkyl halides is 3. The Hall–Kier alpha value is -3.36. The standard InChI is InChI=1S/C17H10F3NO5/c1-9-6-7-12(13(8-9)25-17(18,19)20)16(24)26-21-14(22)10-4-2-3-5-11(10)15(21)23/h2-8H,1H3. The van der Waals surface area contributed by atoms with E-state index in [1.54, 1.807) is 0 Å². The molecule has 134 valence electrons. The number of amides is 2. The van der Waals surface area contributed by atoms with Crippen LogP contribution in [0, 0.1) is 6.92 Å². The zero-order valence-electron chi connectivity index (χ0n) is 13.2. The van der Waals surface area contributed by atoms with E-state index in [9.17, 15) is 27.6 Å². The first-order chi connectivity index (χ1) is 12.2. The van der Waals surface area contributed by atoms with Crippen molar-refractivity contribution in [3.63, 3.8) is 0 Å². The third kappa shape index (κ3) is 3.23. The number of ether oxygens (including phenoxy) is 1. The second kappa shape index (κ2) is 6.17. The van der Waals surface area contributed by atoms with E-state index < -0.39 is 35.5 Å². The summed E-state index contributed by atoms with van der Waals surface area (Å²) >= 11 is 0. The molecule has 0 N–H and O–H groups in total. The van der Waals surface area contributed by atoms with E-state index in [1.807, 2.05) is 0 Å². The number of nitrogens with zero attached hydrogens (tertiary/aromatic N) is 1. The van der Waals surface area contributed by atoms with E-state index in [4.69, 9.17) is 4.84 Å². The fraction of sp³-hybridized carbons (Fsp3) is 0.118. The summed E-state index contributed by atoms with van der Waals surface area (Å²) in [6.45, 7) is 1.50. The number of carbonyl (C=O) groups is 3. The lowest BCUT2D eigenvalue weighted by atomic mass is 10.1. The lowest BCUT2D eigenvalue weighted by molar-refractivity contribution is -0.274. The van der Waals surface area contributed by atoms with Gasteiger partial charge in [-0.05, 0) is 36.8 Å². The highest BCUT2D eigenvalue weighted by atomic mass is 19.4. The number of carbonyl (C=O) groups excluding carboxylic acids is 3. The zero-order valence-corrected chi connectivity index (χ0v) is 13.2. The van der Waals surface area contributed by atoms with Gasteiger partial charge < -0.3 is 9.57 Å². The maximum atomic E-state index is 12.5. The minimum atomic E-state index is -5.03. The van der Waals surface area contributed by atoms with Crippen molar-refractivity contribution in [1.29, 1.82) is 0 Å². The highest BCUT2D eigenvalue weighted by Crippen LogP contribution is 2.29. The van der Waals surface area contributed by atoms with Crippen molar-refractivity contribution < 1.29 is 37.1 Å². The summed E-state index contributed by atoms with van der Waals surface area (Å²) in [4.78, 5) is 41.3. The number of halogens is 3. The molecule has 3 rings (SSSR count). The normalized spacial score (nSPS) is 13.6. The first kappa shape index (κ1) is 17.5. The molecular weight excluding hydrogens is 355 g/mol. The van der Waals surface area contributed by atoms with E-state index in [0.29, 0.717) is 5.56 Å². The Balaban J connectivity index is 1.88. The van der Waals surface area contributed by atoms with Crippen molar-refractivity contribution in [2.24, 2.45) is 0 Å². The average Bonchev–Trinajstić information content (AvgIpc) is 2.79. The molecule has 0 fully saturated rings. The van der Waals surface area contributed by atoms with Crippen molar-refractivity contribution in [2.45, 2.75) is 13.3 Å². The van der Waals surface area contributed by atoms with Gasteiger partial charge in [0.1, 0.15) is 11.3 Å². The van der Waals surface area contributed by atoms with Crippen molar-refractivity contribution in [3.8, 4) is 5.75 Å². The number of hydrogen-bond acceptors (Lipinski definition) is 5. The molecule has 2 amide bonds. The highest BCUT2D eigenvalue weighted by molar-refractivity contribution is 6.21. The van der Waals surface area contributed by atoms with Crippen LogP contribution in [0.4, 0.5) is 13.2 Å². The molecule has 0 saturated heterocycles. The lowest BCUT2D eigenvalue weighted by Gasteiger charge is -2.16. The summed E-state index contributed by atoms with van der Waals surface area (Å²) in [5, 5.41) is 0.213. The van der Waals surface area contributed by atoms with E-state index in [2.05, 4.69) is 4.74 Å². The maximum Gasteiger partial charge on any atom is 0.573 e. The summed E-state index contributed by atoms with van der Waals surface area (Å²) in [5.74, 6) is -3.90. The molecule has 0 unspecified atom stereocenters.